The van der Waals surface area contributed by atoms with Gasteiger partial charge in [-0.05, 0) is 43.1 Å². The van der Waals surface area contributed by atoms with E-state index in [1.54, 1.807) is 0 Å². The number of aromatic nitrogens is 2. The molecule has 142 valence electrons. The topological polar surface area (TPSA) is 57.8 Å². The van der Waals surface area contributed by atoms with E-state index in [1.807, 2.05) is 66.9 Å². The van der Waals surface area contributed by atoms with Crippen LogP contribution in [0.25, 0.3) is 21.3 Å². The SMILES string of the molecule is C[C@H](NCCc1ccc(Cl)cc1)c1nc2scc(-c3ccccc3)c2c(=O)[nH]1. The Bertz CT molecular complexity index is 1140. The number of H-pyrrole nitrogens is 1. The van der Waals surface area contributed by atoms with Gasteiger partial charge in [0.05, 0.1) is 11.4 Å². The molecule has 0 amide bonds. The molecule has 0 saturated heterocycles. The molecule has 2 heterocycles. The van der Waals surface area contributed by atoms with Crippen molar-refractivity contribution >= 4 is 33.2 Å². The summed E-state index contributed by atoms with van der Waals surface area (Å²) in [7, 11) is 0. The Morgan fingerprint density at radius 1 is 1.14 bits per heavy atom. The van der Waals surface area contributed by atoms with Crippen LogP contribution >= 0.6 is 22.9 Å². The van der Waals surface area contributed by atoms with Gasteiger partial charge in [-0.3, -0.25) is 4.79 Å². The van der Waals surface area contributed by atoms with E-state index in [-0.39, 0.29) is 11.6 Å². The summed E-state index contributed by atoms with van der Waals surface area (Å²) in [5.41, 5.74) is 3.09. The quantitative estimate of drug-likeness (QED) is 0.460. The first-order chi connectivity index (χ1) is 13.6. The van der Waals surface area contributed by atoms with Gasteiger partial charge in [-0.15, -0.1) is 11.3 Å². The van der Waals surface area contributed by atoms with E-state index in [0.29, 0.717) is 11.2 Å². The molecule has 4 rings (SSSR count). The first-order valence-electron chi connectivity index (χ1n) is 9.16. The molecule has 28 heavy (non-hydrogen) atoms. The van der Waals surface area contributed by atoms with Gasteiger partial charge >= 0.3 is 0 Å². The summed E-state index contributed by atoms with van der Waals surface area (Å²) >= 11 is 7.43. The Morgan fingerprint density at radius 3 is 2.64 bits per heavy atom. The zero-order valence-corrected chi connectivity index (χ0v) is 17.0. The van der Waals surface area contributed by atoms with Crippen LogP contribution in [0.5, 0.6) is 0 Å². The number of thiophene rings is 1. The maximum absolute atomic E-state index is 12.8. The Hall–Kier alpha value is -2.47. The van der Waals surface area contributed by atoms with Gasteiger partial charge in [0.2, 0.25) is 0 Å². The molecule has 6 heteroatoms. The monoisotopic (exact) mass is 409 g/mol. The van der Waals surface area contributed by atoms with E-state index < -0.39 is 0 Å². The molecule has 0 spiro atoms. The van der Waals surface area contributed by atoms with Crippen molar-refractivity contribution in [3.8, 4) is 11.1 Å². The minimum absolute atomic E-state index is 0.0494. The van der Waals surface area contributed by atoms with Crippen molar-refractivity contribution in [3.05, 3.63) is 86.7 Å². The average molecular weight is 410 g/mol. The molecule has 2 aromatic heterocycles. The van der Waals surface area contributed by atoms with Crippen LogP contribution < -0.4 is 10.9 Å². The number of nitrogens with zero attached hydrogens (tertiary/aromatic N) is 1. The Kier molecular flexibility index (Phi) is 5.57. The van der Waals surface area contributed by atoms with Crippen LogP contribution in [0.2, 0.25) is 5.02 Å². The lowest BCUT2D eigenvalue weighted by Gasteiger charge is -2.13. The molecule has 2 aromatic carbocycles. The van der Waals surface area contributed by atoms with Crippen LogP contribution in [0.4, 0.5) is 0 Å². The molecule has 4 nitrogen and oxygen atoms in total. The van der Waals surface area contributed by atoms with Crippen LogP contribution in [-0.2, 0) is 6.42 Å². The van der Waals surface area contributed by atoms with Gasteiger partial charge in [-0.2, -0.15) is 0 Å². The van der Waals surface area contributed by atoms with E-state index in [9.17, 15) is 4.79 Å². The molecule has 0 fully saturated rings. The molecule has 0 unspecified atom stereocenters. The largest absolute Gasteiger partial charge is 0.309 e. The highest BCUT2D eigenvalue weighted by Gasteiger charge is 2.15. The highest BCUT2D eigenvalue weighted by atomic mass is 35.5. The number of fused-ring (bicyclic) bond motifs is 1. The summed E-state index contributed by atoms with van der Waals surface area (Å²) in [6.45, 7) is 2.79. The van der Waals surface area contributed by atoms with Gasteiger partial charge in [0, 0.05) is 16.0 Å². The smallest absolute Gasteiger partial charge is 0.260 e. The predicted octanol–water partition coefficient (Wildman–Crippen LogP) is 5.20. The number of rotatable bonds is 6. The van der Waals surface area contributed by atoms with E-state index in [4.69, 9.17) is 16.6 Å². The lowest BCUT2D eigenvalue weighted by Crippen LogP contribution is -2.25. The van der Waals surface area contributed by atoms with E-state index in [2.05, 4.69) is 10.3 Å². The second kappa shape index (κ2) is 8.27. The van der Waals surface area contributed by atoms with Crippen LogP contribution in [0, 0.1) is 0 Å². The molecule has 0 aliphatic rings. The van der Waals surface area contributed by atoms with Gasteiger partial charge in [-0.1, -0.05) is 54.1 Å². The summed E-state index contributed by atoms with van der Waals surface area (Å²) in [6.07, 6.45) is 0.880. The molecule has 2 N–H and O–H groups in total. The van der Waals surface area contributed by atoms with Gasteiger partial charge in [0.15, 0.2) is 0 Å². The highest BCUT2D eigenvalue weighted by molar-refractivity contribution is 7.17. The standard InChI is InChI=1S/C22H20ClN3OS/c1-14(24-12-11-15-7-9-17(23)10-8-15)20-25-21(27)19-18(13-28-22(19)26-20)16-5-3-2-4-6-16/h2-10,13-14,24H,11-12H2,1H3,(H,25,26,27)/t14-/m0/s1. The predicted molar refractivity (Wildman–Crippen MR) is 117 cm³/mol. The summed E-state index contributed by atoms with van der Waals surface area (Å²) in [5, 5.41) is 6.84. The number of hydrogen-bond acceptors (Lipinski definition) is 4. The van der Waals surface area contributed by atoms with Gasteiger partial charge in [0.1, 0.15) is 10.7 Å². The van der Waals surface area contributed by atoms with Crippen molar-refractivity contribution in [2.75, 3.05) is 6.54 Å². The fourth-order valence-electron chi connectivity index (χ4n) is 3.18. The molecule has 0 saturated carbocycles. The number of aromatic amines is 1. The Balaban J connectivity index is 1.51. The minimum atomic E-state index is -0.0912. The maximum Gasteiger partial charge on any atom is 0.260 e. The summed E-state index contributed by atoms with van der Waals surface area (Å²) in [6, 6.07) is 17.7. The van der Waals surface area contributed by atoms with Gasteiger partial charge in [-0.25, -0.2) is 4.98 Å². The Morgan fingerprint density at radius 2 is 1.89 bits per heavy atom. The van der Waals surface area contributed by atoms with Crippen LogP contribution in [-0.4, -0.2) is 16.5 Å². The Labute approximate surface area is 172 Å². The molecular weight excluding hydrogens is 390 g/mol. The first kappa shape index (κ1) is 18.9. The molecule has 0 aliphatic carbocycles. The van der Waals surface area contributed by atoms with Gasteiger partial charge in [0.25, 0.3) is 5.56 Å². The van der Waals surface area contributed by atoms with Crippen molar-refractivity contribution in [2.45, 2.75) is 19.4 Å². The number of nitrogens with one attached hydrogen (secondary N) is 2. The summed E-state index contributed by atoms with van der Waals surface area (Å²) < 4.78 is 0. The fourth-order valence-corrected chi connectivity index (χ4v) is 4.26. The number of hydrogen-bond donors (Lipinski definition) is 2. The number of benzene rings is 2. The molecule has 4 aromatic rings. The van der Waals surface area contributed by atoms with Crippen molar-refractivity contribution < 1.29 is 0 Å². The fraction of sp³-hybridized carbons (Fsp3) is 0.182. The zero-order valence-electron chi connectivity index (χ0n) is 15.4. The lowest BCUT2D eigenvalue weighted by atomic mass is 10.1. The maximum atomic E-state index is 12.8. The third-order valence-corrected chi connectivity index (χ3v) is 5.86. The van der Waals surface area contributed by atoms with E-state index >= 15 is 0 Å². The van der Waals surface area contributed by atoms with E-state index in [0.717, 1.165) is 33.9 Å². The first-order valence-corrected chi connectivity index (χ1v) is 10.4. The van der Waals surface area contributed by atoms with E-state index in [1.165, 1.54) is 16.9 Å². The van der Waals surface area contributed by atoms with Crippen molar-refractivity contribution in [2.24, 2.45) is 0 Å². The molecule has 1 atom stereocenters. The number of halogens is 1. The van der Waals surface area contributed by atoms with Gasteiger partial charge < -0.3 is 10.3 Å². The third-order valence-electron chi connectivity index (χ3n) is 4.73. The van der Waals surface area contributed by atoms with Crippen LogP contribution in [0.3, 0.4) is 0 Å². The normalized spacial score (nSPS) is 12.4. The lowest BCUT2D eigenvalue weighted by molar-refractivity contribution is 0.550. The molecule has 0 aliphatic heterocycles. The van der Waals surface area contributed by atoms with Crippen LogP contribution in [0.15, 0.2) is 64.8 Å². The van der Waals surface area contributed by atoms with Crippen LogP contribution in [0.1, 0.15) is 24.4 Å². The minimum Gasteiger partial charge on any atom is -0.309 e. The molecule has 0 radical (unpaired) electrons. The highest BCUT2D eigenvalue weighted by Crippen LogP contribution is 2.30. The second-order valence-corrected chi connectivity index (χ2v) is 7.99. The van der Waals surface area contributed by atoms with Crippen molar-refractivity contribution in [1.29, 1.82) is 0 Å². The summed E-state index contributed by atoms with van der Waals surface area (Å²) in [5.74, 6) is 0.662. The summed E-state index contributed by atoms with van der Waals surface area (Å²) in [4.78, 5) is 21.2. The second-order valence-electron chi connectivity index (χ2n) is 6.70. The molecule has 0 bridgehead atoms. The third kappa shape index (κ3) is 4.02. The molecular formula is C22H20ClN3OS. The van der Waals surface area contributed by atoms with Crippen molar-refractivity contribution in [1.82, 2.24) is 15.3 Å². The zero-order chi connectivity index (χ0) is 19.5. The van der Waals surface area contributed by atoms with Crippen molar-refractivity contribution in [3.63, 3.8) is 0 Å². The average Bonchev–Trinajstić information content (AvgIpc) is 3.15.